The van der Waals surface area contributed by atoms with Crippen LogP contribution in [0, 0.1) is 0 Å². The fourth-order valence-corrected chi connectivity index (χ4v) is 3.55. The number of aliphatic hydroxyl groups is 2. The van der Waals surface area contributed by atoms with Crippen LogP contribution in [0.3, 0.4) is 0 Å². The van der Waals surface area contributed by atoms with Crippen molar-refractivity contribution in [2.75, 3.05) is 13.2 Å². The Bertz CT molecular complexity index is 693. The summed E-state index contributed by atoms with van der Waals surface area (Å²) in [5, 5.41) is 19.8. The molecule has 4 atom stereocenters. The molecule has 5 nitrogen and oxygen atoms in total. The van der Waals surface area contributed by atoms with E-state index in [1.807, 2.05) is 67.6 Å². The van der Waals surface area contributed by atoms with Gasteiger partial charge in [-0.05, 0) is 18.1 Å². The third-order valence-electron chi connectivity index (χ3n) is 5.31. The first-order chi connectivity index (χ1) is 13.6. The summed E-state index contributed by atoms with van der Waals surface area (Å²) < 4.78 is 18.1. The van der Waals surface area contributed by atoms with Gasteiger partial charge in [-0.2, -0.15) is 0 Å². The zero-order valence-corrected chi connectivity index (χ0v) is 16.4. The molecule has 2 aromatic rings. The molecule has 2 N–H and O–H groups in total. The van der Waals surface area contributed by atoms with E-state index in [1.165, 1.54) is 0 Å². The molecule has 0 radical (unpaired) electrons. The Kier molecular flexibility index (Phi) is 7.59. The van der Waals surface area contributed by atoms with E-state index in [1.54, 1.807) is 0 Å². The molecule has 0 aliphatic carbocycles. The summed E-state index contributed by atoms with van der Waals surface area (Å²) in [4.78, 5) is 0. The molecule has 152 valence electrons. The van der Waals surface area contributed by atoms with Crippen molar-refractivity contribution in [2.45, 2.75) is 56.9 Å². The minimum absolute atomic E-state index is 0.215. The highest BCUT2D eigenvalue weighted by atomic mass is 16.6. The van der Waals surface area contributed by atoms with E-state index in [2.05, 4.69) is 0 Å². The average Bonchev–Trinajstić information content (AvgIpc) is 2.73. The number of hydrogen-bond donors (Lipinski definition) is 2. The lowest BCUT2D eigenvalue weighted by Crippen LogP contribution is -2.57. The van der Waals surface area contributed by atoms with Crippen LogP contribution in [0.5, 0.6) is 0 Å². The molecular weight excluding hydrogens is 356 g/mol. The molecule has 1 heterocycles. The molecular formula is C23H30O5. The first-order valence-corrected chi connectivity index (χ1v) is 9.84. The second-order valence-electron chi connectivity index (χ2n) is 7.53. The summed E-state index contributed by atoms with van der Waals surface area (Å²) in [6, 6.07) is 20.0. The molecule has 28 heavy (non-hydrogen) atoms. The van der Waals surface area contributed by atoms with E-state index in [0.29, 0.717) is 32.7 Å². The van der Waals surface area contributed by atoms with Gasteiger partial charge in [-0.1, -0.05) is 60.7 Å². The van der Waals surface area contributed by atoms with Crippen molar-refractivity contribution in [3.63, 3.8) is 0 Å². The number of hydrogen-bond acceptors (Lipinski definition) is 5. The van der Waals surface area contributed by atoms with Crippen LogP contribution in [-0.2, 0) is 27.4 Å². The Morgan fingerprint density at radius 2 is 1.61 bits per heavy atom. The zero-order valence-electron chi connectivity index (χ0n) is 16.4. The average molecular weight is 386 g/mol. The van der Waals surface area contributed by atoms with E-state index >= 15 is 0 Å². The van der Waals surface area contributed by atoms with Gasteiger partial charge >= 0.3 is 0 Å². The zero-order chi connectivity index (χ0) is 19.8. The number of benzene rings is 2. The first-order valence-electron chi connectivity index (χ1n) is 9.84. The number of rotatable bonds is 9. The molecule has 3 rings (SSSR count). The van der Waals surface area contributed by atoms with Gasteiger partial charge in [0.15, 0.2) is 0 Å². The quantitative estimate of drug-likeness (QED) is 0.648. The van der Waals surface area contributed by atoms with Gasteiger partial charge in [-0.3, -0.25) is 0 Å². The molecule has 0 unspecified atom stereocenters. The van der Waals surface area contributed by atoms with Crippen molar-refractivity contribution in [2.24, 2.45) is 0 Å². The summed E-state index contributed by atoms with van der Waals surface area (Å²) in [6.45, 7) is 3.26. The lowest BCUT2D eigenvalue weighted by Gasteiger charge is -2.46. The number of aliphatic hydroxyl groups excluding tert-OH is 2. The molecule has 0 saturated carbocycles. The molecule has 1 fully saturated rings. The molecule has 2 aromatic carbocycles. The third-order valence-corrected chi connectivity index (χ3v) is 5.31. The maximum atomic E-state index is 10.3. The minimum Gasteiger partial charge on any atom is -0.394 e. The van der Waals surface area contributed by atoms with Crippen LogP contribution in [0.15, 0.2) is 60.7 Å². The standard InChI is InChI=1S/C23H30O5/c1-23(12-13-26-16-18-8-4-2-5-9-18)22(14-20(25)21(15-24)28-23)27-17-19-10-6-3-7-11-19/h2-11,20-22,24-25H,12-17H2,1H3/t20-,21+,22+,23-/m1/s1. The summed E-state index contributed by atoms with van der Waals surface area (Å²) >= 11 is 0. The predicted octanol–water partition coefficient (Wildman–Crippen LogP) is 3.08. The van der Waals surface area contributed by atoms with Gasteiger partial charge in [0, 0.05) is 19.4 Å². The SMILES string of the molecule is C[C@]1(CCOCc2ccccc2)O[C@@H](CO)[C@H](O)C[C@@H]1OCc1ccccc1. The van der Waals surface area contributed by atoms with E-state index in [9.17, 15) is 10.2 Å². The summed E-state index contributed by atoms with van der Waals surface area (Å²) in [7, 11) is 0. The Morgan fingerprint density at radius 1 is 1.00 bits per heavy atom. The van der Waals surface area contributed by atoms with Crippen molar-refractivity contribution >= 4 is 0 Å². The van der Waals surface area contributed by atoms with Crippen LogP contribution in [-0.4, -0.2) is 47.3 Å². The molecule has 1 saturated heterocycles. The third kappa shape index (κ3) is 5.63. The van der Waals surface area contributed by atoms with Gasteiger partial charge in [0.05, 0.1) is 37.6 Å². The summed E-state index contributed by atoms with van der Waals surface area (Å²) in [6.07, 6.45) is -0.596. The van der Waals surface area contributed by atoms with Gasteiger partial charge in [0.25, 0.3) is 0 Å². The molecule has 0 aromatic heterocycles. The highest BCUT2D eigenvalue weighted by Crippen LogP contribution is 2.34. The highest BCUT2D eigenvalue weighted by molar-refractivity contribution is 5.14. The van der Waals surface area contributed by atoms with Crippen LogP contribution in [0.4, 0.5) is 0 Å². The van der Waals surface area contributed by atoms with Gasteiger partial charge in [0.2, 0.25) is 0 Å². The Labute approximate surface area is 166 Å². The monoisotopic (exact) mass is 386 g/mol. The topological polar surface area (TPSA) is 68.2 Å². The fourth-order valence-electron chi connectivity index (χ4n) is 3.55. The van der Waals surface area contributed by atoms with Crippen LogP contribution < -0.4 is 0 Å². The maximum Gasteiger partial charge on any atom is 0.107 e. The Hall–Kier alpha value is -1.76. The van der Waals surface area contributed by atoms with Gasteiger partial charge in [0.1, 0.15) is 6.10 Å². The largest absolute Gasteiger partial charge is 0.394 e. The maximum absolute atomic E-state index is 10.3. The molecule has 1 aliphatic rings. The Balaban J connectivity index is 1.58. The molecule has 1 aliphatic heterocycles. The minimum atomic E-state index is -0.746. The van der Waals surface area contributed by atoms with E-state index in [4.69, 9.17) is 14.2 Å². The predicted molar refractivity (Wildman–Crippen MR) is 107 cm³/mol. The summed E-state index contributed by atoms with van der Waals surface area (Å²) in [5.41, 5.74) is 1.56. The van der Waals surface area contributed by atoms with E-state index in [0.717, 1.165) is 11.1 Å². The molecule has 0 spiro atoms. The van der Waals surface area contributed by atoms with E-state index in [-0.39, 0.29) is 12.7 Å². The Morgan fingerprint density at radius 3 is 2.21 bits per heavy atom. The van der Waals surface area contributed by atoms with Crippen LogP contribution in [0.1, 0.15) is 30.9 Å². The van der Waals surface area contributed by atoms with Crippen LogP contribution >= 0.6 is 0 Å². The van der Waals surface area contributed by atoms with Gasteiger partial charge in [-0.15, -0.1) is 0 Å². The van der Waals surface area contributed by atoms with E-state index < -0.39 is 17.8 Å². The van der Waals surface area contributed by atoms with Crippen LogP contribution in [0.2, 0.25) is 0 Å². The van der Waals surface area contributed by atoms with Gasteiger partial charge < -0.3 is 24.4 Å². The fraction of sp³-hybridized carbons (Fsp3) is 0.478. The first kappa shape index (κ1) is 21.0. The second kappa shape index (κ2) is 10.1. The lowest BCUT2D eigenvalue weighted by molar-refractivity contribution is -0.246. The lowest BCUT2D eigenvalue weighted by atomic mass is 9.86. The normalized spacial score (nSPS) is 27.6. The van der Waals surface area contributed by atoms with Crippen molar-refractivity contribution < 1.29 is 24.4 Å². The van der Waals surface area contributed by atoms with Gasteiger partial charge in [-0.25, -0.2) is 0 Å². The van der Waals surface area contributed by atoms with Crippen molar-refractivity contribution in [3.05, 3.63) is 71.8 Å². The molecule has 0 bridgehead atoms. The highest BCUT2D eigenvalue weighted by Gasteiger charge is 2.45. The molecule has 0 amide bonds. The molecule has 5 heteroatoms. The van der Waals surface area contributed by atoms with Crippen LogP contribution in [0.25, 0.3) is 0 Å². The smallest absolute Gasteiger partial charge is 0.107 e. The van der Waals surface area contributed by atoms with Crippen molar-refractivity contribution in [1.82, 2.24) is 0 Å². The second-order valence-corrected chi connectivity index (χ2v) is 7.53. The number of ether oxygens (including phenoxy) is 3. The summed E-state index contributed by atoms with van der Waals surface area (Å²) in [5.74, 6) is 0. The van der Waals surface area contributed by atoms with Crippen molar-refractivity contribution in [1.29, 1.82) is 0 Å². The van der Waals surface area contributed by atoms with Crippen molar-refractivity contribution in [3.8, 4) is 0 Å².